The molecule has 0 atom stereocenters. The minimum absolute atomic E-state index is 0.904. The van der Waals surface area contributed by atoms with Crippen molar-refractivity contribution >= 4 is 70.5 Å². The van der Waals surface area contributed by atoms with Gasteiger partial charge in [0.15, 0.2) is 0 Å². The molecule has 0 fully saturated rings. The van der Waals surface area contributed by atoms with E-state index in [4.69, 9.17) is 4.42 Å². The minimum Gasteiger partial charge on any atom is -0.455 e. The summed E-state index contributed by atoms with van der Waals surface area (Å²) in [6.45, 7) is 0. The van der Waals surface area contributed by atoms with Crippen LogP contribution in [0.5, 0.6) is 0 Å². The third-order valence-corrected chi connectivity index (χ3v) is 12.3. The maximum atomic E-state index is 6.95. The molecule has 0 aliphatic carbocycles. The first-order valence-corrected chi connectivity index (χ1v) is 20.1. The van der Waals surface area contributed by atoms with Crippen LogP contribution in [0.4, 0.5) is 17.1 Å². The Hall–Kier alpha value is -7.20. The highest BCUT2D eigenvalue weighted by Crippen LogP contribution is 2.45. The van der Waals surface area contributed by atoms with Crippen LogP contribution < -0.4 is 4.90 Å². The number of hydrogen-bond donors (Lipinski definition) is 0. The lowest BCUT2D eigenvalue weighted by Crippen LogP contribution is -2.09. The number of furan rings is 1. The van der Waals surface area contributed by atoms with Crippen LogP contribution >= 0.6 is 11.3 Å². The molecule has 0 saturated carbocycles. The minimum atomic E-state index is 0.904. The molecule has 0 unspecified atom stereocenters. The first-order valence-electron chi connectivity index (χ1n) is 19.3. The van der Waals surface area contributed by atoms with E-state index < -0.39 is 0 Å². The van der Waals surface area contributed by atoms with Crippen LogP contribution in [0.2, 0.25) is 0 Å². The molecule has 0 spiro atoms. The van der Waals surface area contributed by atoms with Gasteiger partial charge in [-0.1, -0.05) is 170 Å². The second-order valence-corrected chi connectivity index (χ2v) is 15.5. The second kappa shape index (κ2) is 13.8. The van der Waals surface area contributed by atoms with Gasteiger partial charge in [-0.25, -0.2) is 0 Å². The molecule has 0 N–H and O–H groups in total. The van der Waals surface area contributed by atoms with Gasteiger partial charge in [-0.15, -0.1) is 11.3 Å². The summed E-state index contributed by atoms with van der Waals surface area (Å²) >= 11 is 1.85. The zero-order chi connectivity index (χ0) is 37.7. The van der Waals surface area contributed by atoms with Crippen molar-refractivity contribution in [2.45, 2.75) is 0 Å². The third kappa shape index (κ3) is 5.80. The van der Waals surface area contributed by atoms with Crippen LogP contribution in [0.25, 0.3) is 86.6 Å². The fraction of sp³-hybridized carbons (Fsp3) is 0. The molecule has 0 aliphatic heterocycles. The molecular formula is C54H35NOS. The van der Waals surface area contributed by atoms with E-state index in [1.165, 1.54) is 48.0 Å². The molecule has 2 aromatic heterocycles. The van der Waals surface area contributed by atoms with Gasteiger partial charge in [-0.3, -0.25) is 0 Å². The molecule has 0 amide bonds. The monoisotopic (exact) mass is 745 g/mol. The van der Waals surface area contributed by atoms with Crippen molar-refractivity contribution in [3.05, 3.63) is 212 Å². The van der Waals surface area contributed by atoms with Crippen LogP contribution in [-0.4, -0.2) is 0 Å². The summed E-state index contributed by atoms with van der Waals surface area (Å²) < 4.78 is 9.54. The number of hydrogen-bond acceptors (Lipinski definition) is 3. The zero-order valence-electron chi connectivity index (χ0n) is 31.0. The lowest BCUT2D eigenvalue weighted by molar-refractivity contribution is 0.671. The van der Waals surface area contributed by atoms with E-state index in [-0.39, 0.29) is 0 Å². The van der Waals surface area contributed by atoms with Gasteiger partial charge in [0.05, 0.1) is 0 Å². The summed E-state index contributed by atoms with van der Waals surface area (Å²) in [6, 6.07) is 76.1. The molecule has 0 aliphatic rings. The van der Waals surface area contributed by atoms with Gasteiger partial charge in [0, 0.05) is 64.7 Å². The van der Waals surface area contributed by atoms with Crippen LogP contribution in [-0.2, 0) is 0 Å². The summed E-state index contributed by atoms with van der Waals surface area (Å²) in [5, 5.41) is 4.84. The summed E-state index contributed by atoms with van der Waals surface area (Å²) in [5.41, 5.74) is 14.4. The van der Waals surface area contributed by atoms with E-state index >= 15 is 0 Å². The Balaban J connectivity index is 0.995. The average molecular weight is 746 g/mol. The summed E-state index contributed by atoms with van der Waals surface area (Å²) in [4.78, 5) is 2.33. The van der Waals surface area contributed by atoms with E-state index in [0.29, 0.717) is 0 Å². The van der Waals surface area contributed by atoms with Crippen LogP contribution in [0.15, 0.2) is 217 Å². The first kappa shape index (κ1) is 33.2. The molecule has 0 radical (unpaired) electrons. The summed E-state index contributed by atoms with van der Waals surface area (Å²) in [7, 11) is 0. The molecule has 0 bridgehead atoms. The lowest BCUT2D eigenvalue weighted by atomic mass is 9.99. The van der Waals surface area contributed by atoms with Crippen molar-refractivity contribution in [1.82, 2.24) is 0 Å². The highest BCUT2D eigenvalue weighted by Gasteiger charge is 2.19. The van der Waals surface area contributed by atoms with Gasteiger partial charge in [-0.2, -0.15) is 0 Å². The van der Waals surface area contributed by atoms with E-state index in [0.717, 1.165) is 55.7 Å². The molecule has 57 heavy (non-hydrogen) atoms. The number of nitrogens with zero attached hydrogens (tertiary/aromatic N) is 1. The molecule has 2 nitrogen and oxygen atoms in total. The van der Waals surface area contributed by atoms with Crippen molar-refractivity contribution in [2.24, 2.45) is 0 Å². The standard InChI is InChI=1S/C54H35NOS/c1-3-12-36(13-4-1)38-24-30-41(31-25-38)55(42-32-26-39(27-33-42)37-14-5-2-6-15-37)43-34-28-40(29-35-43)44-17-9-18-46-47-19-10-20-48(53(47)56-52(44)46)50-22-11-21-49-45-16-7-8-23-51(45)57-54(49)50/h1-35H. The normalized spacial score (nSPS) is 11.5. The number of fused-ring (bicyclic) bond motifs is 6. The van der Waals surface area contributed by atoms with Gasteiger partial charge in [0.25, 0.3) is 0 Å². The van der Waals surface area contributed by atoms with Gasteiger partial charge in [0.1, 0.15) is 11.2 Å². The van der Waals surface area contributed by atoms with Crippen LogP contribution in [0, 0.1) is 0 Å². The molecule has 0 saturated heterocycles. The van der Waals surface area contributed by atoms with Crippen molar-refractivity contribution in [3.63, 3.8) is 0 Å². The Morgan fingerprint density at radius 3 is 1.30 bits per heavy atom. The van der Waals surface area contributed by atoms with Gasteiger partial charge in [-0.05, 0) is 70.3 Å². The topological polar surface area (TPSA) is 16.4 Å². The fourth-order valence-electron chi connectivity index (χ4n) is 8.32. The molecule has 3 heteroatoms. The van der Waals surface area contributed by atoms with Crippen molar-refractivity contribution in [2.75, 3.05) is 4.90 Å². The Morgan fingerprint density at radius 2 is 0.719 bits per heavy atom. The number of anilines is 3. The van der Waals surface area contributed by atoms with Crippen molar-refractivity contribution in [3.8, 4) is 44.5 Å². The average Bonchev–Trinajstić information content (AvgIpc) is 3.87. The molecule has 268 valence electrons. The third-order valence-electron chi connectivity index (χ3n) is 11.1. The number of benzene rings is 9. The smallest absolute Gasteiger partial charge is 0.143 e. The Kier molecular flexibility index (Phi) is 8.04. The molecule has 11 rings (SSSR count). The molecule has 2 heterocycles. The van der Waals surface area contributed by atoms with Gasteiger partial charge < -0.3 is 9.32 Å². The molecule has 11 aromatic rings. The predicted octanol–water partition coefficient (Wildman–Crippen LogP) is 16.1. The highest BCUT2D eigenvalue weighted by atomic mass is 32.1. The van der Waals surface area contributed by atoms with Crippen LogP contribution in [0.3, 0.4) is 0 Å². The SMILES string of the molecule is c1ccc(-c2ccc(N(c3ccc(-c4ccccc4)cc3)c3ccc(-c4cccc5c4oc4c(-c6cccc7c6sc6ccccc67)cccc45)cc3)cc2)cc1. The number of rotatable bonds is 7. The quantitative estimate of drug-likeness (QED) is 0.162. The second-order valence-electron chi connectivity index (χ2n) is 14.5. The first-order chi connectivity index (χ1) is 28.3. The maximum absolute atomic E-state index is 6.95. The van der Waals surface area contributed by atoms with E-state index in [1.807, 2.05) is 11.3 Å². The number of para-hydroxylation sites is 2. The maximum Gasteiger partial charge on any atom is 0.143 e. The molecular weight excluding hydrogens is 711 g/mol. The summed E-state index contributed by atoms with van der Waals surface area (Å²) in [6.07, 6.45) is 0. The predicted molar refractivity (Wildman–Crippen MR) is 243 cm³/mol. The Morgan fingerprint density at radius 1 is 0.298 bits per heavy atom. The van der Waals surface area contributed by atoms with E-state index in [2.05, 4.69) is 217 Å². The zero-order valence-corrected chi connectivity index (χ0v) is 31.8. The Labute approximate surface area is 335 Å². The van der Waals surface area contributed by atoms with Gasteiger partial charge in [0.2, 0.25) is 0 Å². The fourth-order valence-corrected chi connectivity index (χ4v) is 9.55. The molecule has 9 aromatic carbocycles. The van der Waals surface area contributed by atoms with Crippen LogP contribution in [0.1, 0.15) is 0 Å². The van der Waals surface area contributed by atoms with Crippen molar-refractivity contribution in [1.29, 1.82) is 0 Å². The largest absolute Gasteiger partial charge is 0.455 e. The Bertz CT molecular complexity index is 3110. The van der Waals surface area contributed by atoms with E-state index in [9.17, 15) is 0 Å². The number of thiophene rings is 1. The summed E-state index contributed by atoms with van der Waals surface area (Å²) in [5.74, 6) is 0. The highest BCUT2D eigenvalue weighted by molar-refractivity contribution is 7.26. The van der Waals surface area contributed by atoms with E-state index in [1.54, 1.807) is 0 Å². The van der Waals surface area contributed by atoms with Crippen molar-refractivity contribution < 1.29 is 4.42 Å². The van der Waals surface area contributed by atoms with Gasteiger partial charge >= 0.3 is 0 Å². The lowest BCUT2D eigenvalue weighted by Gasteiger charge is -2.26.